The number of aromatic nitrogens is 2. The standard InChI is InChI=1S/C14H20F2N4O2/c1-3-4-5-11-13(22)18(2)8-9-19(11)12(21)10-6-7-20(17-10)14(15)16/h6-7,11,14H,3-5,8-9H2,1-2H3/t11-/m1/s1. The Balaban J connectivity index is 2.19. The third kappa shape index (κ3) is 3.26. The van der Waals surface area contributed by atoms with E-state index >= 15 is 0 Å². The monoisotopic (exact) mass is 314 g/mol. The Morgan fingerprint density at radius 2 is 2.18 bits per heavy atom. The highest BCUT2D eigenvalue weighted by Crippen LogP contribution is 2.19. The van der Waals surface area contributed by atoms with Crippen molar-refractivity contribution in [1.29, 1.82) is 0 Å². The van der Waals surface area contributed by atoms with Gasteiger partial charge in [0.1, 0.15) is 6.04 Å². The summed E-state index contributed by atoms with van der Waals surface area (Å²) in [6, 6.07) is 0.719. The molecule has 1 saturated heterocycles. The molecule has 1 aliphatic heterocycles. The predicted octanol–water partition coefficient (Wildman–Crippen LogP) is 1.75. The zero-order valence-electron chi connectivity index (χ0n) is 12.7. The summed E-state index contributed by atoms with van der Waals surface area (Å²) in [4.78, 5) is 27.8. The van der Waals surface area contributed by atoms with Crippen LogP contribution in [0.2, 0.25) is 0 Å². The minimum Gasteiger partial charge on any atom is -0.342 e. The van der Waals surface area contributed by atoms with Gasteiger partial charge in [-0.25, -0.2) is 4.68 Å². The molecule has 0 saturated carbocycles. The number of carbonyl (C=O) groups excluding carboxylic acids is 2. The van der Waals surface area contributed by atoms with E-state index in [0.29, 0.717) is 24.2 Å². The fourth-order valence-electron chi connectivity index (χ4n) is 2.54. The van der Waals surface area contributed by atoms with E-state index in [9.17, 15) is 18.4 Å². The van der Waals surface area contributed by atoms with Crippen LogP contribution in [0.4, 0.5) is 8.78 Å². The maximum atomic E-state index is 12.6. The molecule has 0 aliphatic carbocycles. The average Bonchev–Trinajstić information content (AvgIpc) is 2.98. The lowest BCUT2D eigenvalue weighted by Crippen LogP contribution is -2.57. The largest absolute Gasteiger partial charge is 0.342 e. The van der Waals surface area contributed by atoms with Gasteiger partial charge in [-0.05, 0) is 12.5 Å². The fraction of sp³-hybridized carbons (Fsp3) is 0.643. The van der Waals surface area contributed by atoms with Gasteiger partial charge in [-0.1, -0.05) is 19.8 Å². The van der Waals surface area contributed by atoms with E-state index in [0.717, 1.165) is 19.0 Å². The summed E-state index contributed by atoms with van der Waals surface area (Å²) in [6.45, 7) is 0.0410. The summed E-state index contributed by atoms with van der Waals surface area (Å²) >= 11 is 0. The number of amides is 2. The first-order chi connectivity index (χ1) is 10.5. The van der Waals surface area contributed by atoms with Crippen molar-refractivity contribution in [2.24, 2.45) is 0 Å². The molecule has 0 spiro atoms. The summed E-state index contributed by atoms with van der Waals surface area (Å²) in [5.41, 5.74) is -0.0563. The van der Waals surface area contributed by atoms with Crippen LogP contribution in [-0.2, 0) is 4.79 Å². The molecule has 122 valence electrons. The first-order valence-corrected chi connectivity index (χ1v) is 7.35. The molecule has 2 heterocycles. The van der Waals surface area contributed by atoms with E-state index in [1.54, 1.807) is 11.9 Å². The van der Waals surface area contributed by atoms with Crippen LogP contribution < -0.4 is 0 Å². The number of unbranched alkanes of at least 4 members (excludes halogenated alkanes) is 1. The molecule has 0 N–H and O–H groups in total. The summed E-state index contributed by atoms with van der Waals surface area (Å²) < 4.78 is 25.6. The second-order valence-corrected chi connectivity index (χ2v) is 5.38. The molecule has 6 nitrogen and oxygen atoms in total. The predicted molar refractivity (Wildman–Crippen MR) is 75.5 cm³/mol. The lowest BCUT2D eigenvalue weighted by atomic mass is 10.0. The van der Waals surface area contributed by atoms with Crippen LogP contribution in [-0.4, -0.2) is 57.6 Å². The van der Waals surface area contributed by atoms with Crippen molar-refractivity contribution in [1.82, 2.24) is 19.6 Å². The van der Waals surface area contributed by atoms with Gasteiger partial charge in [-0.15, -0.1) is 0 Å². The van der Waals surface area contributed by atoms with Gasteiger partial charge < -0.3 is 9.80 Å². The molecule has 22 heavy (non-hydrogen) atoms. The Kier molecular flexibility index (Phi) is 5.10. The summed E-state index contributed by atoms with van der Waals surface area (Å²) in [6.07, 6.45) is 3.37. The van der Waals surface area contributed by atoms with Crippen molar-refractivity contribution in [2.45, 2.75) is 38.8 Å². The highest BCUT2D eigenvalue weighted by molar-refractivity contribution is 5.96. The topological polar surface area (TPSA) is 58.4 Å². The zero-order valence-corrected chi connectivity index (χ0v) is 12.7. The molecule has 1 aromatic heterocycles. The second-order valence-electron chi connectivity index (χ2n) is 5.38. The molecule has 2 rings (SSSR count). The Bertz CT molecular complexity index is 547. The van der Waals surface area contributed by atoms with Gasteiger partial charge >= 0.3 is 6.55 Å². The molecule has 1 fully saturated rings. The SMILES string of the molecule is CCCC[C@@H]1C(=O)N(C)CCN1C(=O)c1ccn(C(F)F)n1. The smallest absolute Gasteiger partial charge is 0.333 e. The quantitative estimate of drug-likeness (QED) is 0.832. The van der Waals surface area contributed by atoms with Crippen LogP contribution in [0.3, 0.4) is 0 Å². The molecule has 1 aromatic rings. The number of nitrogens with zero attached hydrogens (tertiary/aromatic N) is 4. The van der Waals surface area contributed by atoms with Crippen LogP contribution in [0.25, 0.3) is 0 Å². The van der Waals surface area contributed by atoms with Gasteiger partial charge in [0.25, 0.3) is 5.91 Å². The molecule has 0 unspecified atom stereocenters. The van der Waals surface area contributed by atoms with Gasteiger partial charge in [0.05, 0.1) is 0 Å². The minimum absolute atomic E-state index is 0.0563. The van der Waals surface area contributed by atoms with E-state index in [4.69, 9.17) is 0 Å². The molecular formula is C14H20F2N4O2. The van der Waals surface area contributed by atoms with Crippen LogP contribution in [0.1, 0.15) is 43.2 Å². The van der Waals surface area contributed by atoms with Crippen LogP contribution in [0, 0.1) is 0 Å². The molecule has 2 amide bonds. The van der Waals surface area contributed by atoms with Gasteiger partial charge in [0.15, 0.2) is 5.69 Å². The maximum Gasteiger partial charge on any atom is 0.333 e. The van der Waals surface area contributed by atoms with E-state index in [-0.39, 0.29) is 11.6 Å². The number of halogens is 2. The molecule has 8 heteroatoms. The van der Waals surface area contributed by atoms with Gasteiger partial charge in [-0.3, -0.25) is 9.59 Å². The Labute approximate surface area is 127 Å². The van der Waals surface area contributed by atoms with E-state index in [1.165, 1.54) is 11.0 Å². The van der Waals surface area contributed by atoms with Gasteiger partial charge in [-0.2, -0.15) is 13.9 Å². The highest BCUT2D eigenvalue weighted by atomic mass is 19.3. The number of hydrogen-bond acceptors (Lipinski definition) is 3. The number of piperazine rings is 1. The Hall–Kier alpha value is -1.99. The minimum atomic E-state index is -2.79. The van der Waals surface area contributed by atoms with Crippen molar-refractivity contribution in [3.63, 3.8) is 0 Å². The number of likely N-dealkylation sites (N-methyl/N-ethyl adjacent to an activating group) is 1. The van der Waals surface area contributed by atoms with Crippen molar-refractivity contribution in [3.8, 4) is 0 Å². The summed E-state index contributed by atoms with van der Waals surface area (Å²) in [7, 11) is 1.70. The second kappa shape index (κ2) is 6.85. The fourth-order valence-corrected chi connectivity index (χ4v) is 2.54. The summed E-state index contributed by atoms with van der Waals surface area (Å²) in [5, 5.41) is 3.59. The van der Waals surface area contributed by atoms with Crippen molar-refractivity contribution in [3.05, 3.63) is 18.0 Å². The van der Waals surface area contributed by atoms with Gasteiger partial charge in [0.2, 0.25) is 5.91 Å². The maximum absolute atomic E-state index is 12.6. The first-order valence-electron chi connectivity index (χ1n) is 7.35. The zero-order chi connectivity index (χ0) is 16.3. The normalized spacial score (nSPS) is 19.1. The molecular weight excluding hydrogens is 294 g/mol. The molecule has 1 atom stereocenters. The summed E-state index contributed by atoms with van der Waals surface area (Å²) in [5.74, 6) is -0.580. The van der Waals surface area contributed by atoms with Crippen LogP contribution >= 0.6 is 0 Å². The lowest BCUT2D eigenvalue weighted by molar-refractivity contribution is -0.138. The van der Waals surface area contributed by atoms with Crippen LogP contribution in [0.15, 0.2) is 12.3 Å². The van der Waals surface area contributed by atoms with Gasteiger partial charge in [0, 0.05) is 26.3 Å². The molecule has 0 bridgehead atoms. The lowest BCUT2D eigenvalue weighted by Gasteiger charge is -2.38. The Morgan fingerprint density at radius 3 is 2.77 bits per heavy atom. The number of alkyl halides is 2. The van der Waals surface area contributed by atoms with Crippen molar-refractivity contribution in [2.75, 3.05) is 20.1 Å². The molecule has 0 aromatic carbocycles. The number of hydrogen-bond donors (Lipinski definition) is 0. The number of carbonyl (C=O) groups is 2. The third-order valence-corrected chi connectivity index (χ3v) is 3.83. The molecule has 1 aliphatic rings. The number of rotatable bonds is 5. The first kappa shape index (κ1) is 16.4. The Morgan fingerprint density at radius 1 is 1.45 bits per heavy atom. The van der Waals surface area contributed by atoms with E-state index in [2.05, 4.69) is 5.10 Å². The molecule has 0 radical (unpaired) electrons. The highest BCUT2D eigenvalue weighted by Gasteiger charge is 2.36. The third-order valence-electron chi connectivity index (χ3n) is 3.83. The van der Waals surface area contributed by atoms with Crippen molar-refractivity contribution < 1.29 is 18.4 Å². The van der Waals surface area contributed by atoms with Crippen LogP contribution in [0.5, 0.6) is 0 Å². The van der Waals surface area contributed by atoms with E-state index in [1.807, 2.05) is 6.92 Å². The van der Waals surface area contributed by atoms with Crippen molar-refractivity contribution >= 4 is 11.8 Å². The average molecular weight is 314 g/mol. The van der Waals surface area contributed by atoms with E-state index < -0.39 is 18.5 Å².